The first-order chi connectivity index (χ1) is 9.03. The number of ether oxygens (including phenoxy) is 3. The maximum absolute atomic E-state index is 9.00. The third kappa shape index (κ3) is 14.2. The number of carboxylic acids is 1. The Labute approximate surface area is 115 Å². The lowest BCUT2D eigenvalue weighted by molar-refractivity contribution is -0.134. The van der Waals surface area contributed by atoms with Crippen molar-refractivity contribution in [2.24, 2.45) is 0 Å². The Morgan fingerprint density at radius 3 is 1.53 bits per heavy atom. The van der Waals surface area contributed by atoms with Gasteiger partial charge in [-0.15, -0.1) is 0 Å². The predicted octanol–water partition coefficient (Wildman–Crippen LogP) is 2.84. The summed E-state index contributed by atoms with van der Waals surface area (Å²) >= 11 is 0. The number of carboxylic acid groups (broad SMARTS) is 1. The van der Waals surface area contributed by atoms with Crippen LogP contribution in [-0.4, -0.2) is 38.5 Å². The van der Waals surface area contributed by atoms with Gasteiger partial charge in [0, 0.05) is 20.1 Å². The van der Waals surface area contributed by atoms with Crippen molar-refractivity contribution in [3.63, 3.8) is 0 Å². The van der Waals surface area contributed by atoms with Crippen molar-refractivity contribution < 1.29 is 24.1 Å². The van der Waals surface area contributed by atoms with Crippen LogP contribution < -0.4 is 9.47 Å². The highest BCUT2D eigenvalue weighted by molar-refractivity contribution is 5.62. The Kier molecular flexibility index (Phi) is 14.8. The van der Waals surface area contributed by atoms with Crippen LogP contribution in [0.2, 0.25) is 0 Å². The first kappa shape index (κ1) is 19.6. The number of carbonyl (C=O) groups is 1. The molecule has 0 saturated carbocycles. The van der Waals surface area contributed by atoms with Crippen molar-refractivity contribution in [3.05, 3.63) is 24.3 Å². The van der Waals surface area contributed by atoms with Gasteiger partial charge in [-0.3, -0.25) is 4.79 Å². The SMILES string of the molecule is CC(=O)O.CCOCC.COc1ccccc1OC. The maximum atomic E-state index is 9.00. The van der Waals surface area contributed by atoms with Crippen LogP contribution in [0.3, 0.4) is 0 Å². The van der Waals surface area contributed by atoms with Crippen molar-refractivity contribution in [2.75, 3.05) is 27.4 Å². The average molecular weight is 272 g/mol. The number of rotatable bonds is 4. The van der Waals surface area contributed by atoms with Gasteiger partial charge in [0.1, 0.15) is 0 Å². The van der Waals surface area contributed by atoms with Gasteiger partial charge in [-0.2, -0.15) is 0 Å². The van der Waals surface area contributed by atoms with Crippen LogP contribution in [-0.2, 0) is 9.53 Å². The van der Waals surface area contributed by atoms with E-state index in [2.05, 4.69) is 0 Å². The summed E-state index contributed by atoms with van der Waals surface area (Å²) < 4.78 is 14.9. The molecule has 0 aliphatic rings. The minimum absolute atomic E-state index is 0.769. The molecule has 0 aliphatic carbocycles. The van der Waals surface area contributed by atoms with Gasteiger partial charge in [0.2, 0.25) is 0 Å². The van der Waals surface area contributed by atoms with E-state index in [1.54, 1.807) is 14.2 Å². The van der Waals surface area contributed by atoms with Crippen LogP contribution in [0.25, 0.3) is 0 Å². The van der Waals surface area contributed by atoms with Crippen molar-refractivity contribution >= 4 is 5.97 Å². The summed E-state index contributed by atoms with van der Waals surface area (Å²) in [5, 5.41) is 7.42. The molecule has 0 radical (unpaired) electrons. The summed E-state index contributed by atoms with van der Waals surface area (Å²) in [6.45, 7) is 6.75. The summed E-state index contributed by atoms with van der Waals surface area (Å²) in [7, 11) is 3.25. The zero-order valence-corrected chi connectivity index (χ0v) is 12.3. The summed E-state index contributed by atoms with van der Waals surface area (Å²) in [5.74, 6) is 0.704. The zero-order valence-electron chi connectivity index (χ0n) is 12.3. The number of benzene rings is 1. The van der Waals surface area contributed by atoms with Gasteiger partial charge < -0.3 is 19.3 Å². The molecule has 0 heterocycles. The van der Waals surface area contributed by atoms with Gasteiger partial charge in [0.15, 0.2) is 11.5 Å². The minimum Gasteiger partial charge on any atom is -0.493 e. The van der Waals surface area contributed by atoms with Crippen LogP contribution >= 0.6 is 0 Å². The number of hydrogen-bond donors (Lipinski definition) is 1. The molecular weight excluding hydrogens is 248 g/mol. The van der Waals surface area contributed by atoms with E-state index in [4.69, 9.17) is 24.1 Å². The third-order valence-corrected chi connectivity index (χ3v) is 1.70. The Balaban J connectivity index is 0. The Morgan fingerprint density at radius 2 is 1.37 bits per heavy atom. The van der Waals surface area contributed by atoms with E-state index in [9.17, 15) is 0 Å². The molecule has 1 aromatic rings. The molecule has 19 heavy (non-hydrogen) atoms. The van der Waals surface area contributed by atoms with Gasteiger partial charge in [-0.05, 0) is 26.0 Å². The lowest BCUT2D eigenvalue weighted by atomic mass is 10.3. The molecule has 0 saturated heterocycles. The Morgan fingerprint density at radius 1 is 1.05 bits per heavy atom. The van der Waals surface area contributed by atoms with E-state index in [0.717, 1.165) is 31.6 Å². The monoisotopic (exact) mass is 272 g/mol. The fraction of sp³-hybridized carbons (Fsp3) is 0.500. The molecular formula is C14H24O5. The summed E-state index contributed by atoms with van der Waals surface area (Å²) in [6, 6.07) is 7.53. The lowest BCUT2D eigenvalue weighted by Crippen LogP contribution is -1.88. The second-order valence-electron chi connectivity index (χ2n) is 3.16. The molecule has 1 rings (SSSR count). The molecule has 110 valence electrons. The average Bonchev–Trinajstić information content (AvgIpc) is 2.39. The smallest absolute Gasteiger partial charge is 0.300 e. The largest absolute Gasteiger partial charge is 0.493 e. The van der Waals surface area contributed by atoms with Crippen molar-refractivity contribution in [2.45, 2.75) is 20.8 Å². The standard InChI is InChI=1S/C8H10O2.C4H10O.C2H4O2/c1-9-7-5-3-4-6-8(7)10-2;1-3-5-4-2;1-2(3)4/h3-6H,1-2H3;3-4H2,1-2H3;1H3,(H,3,4). The molecule has 0 bridgehead atoms. The molecule has 0 spiro atoms. The summed E-state index contributed by atoms with van der Waals surface area (Å²) in [6.07, 6.45) is 0. The van der Waals surface area contributed by atoms with Gasteiger partial charge in [-0.25, -0.2) is 0 Å². The molecule has 0 amide bonds. The normalized spacial score (nSPS) is 8.26. The first-order valence-corrected chi connectivity index (χ1v) is 5.97. The second kappa shape index (κ2) is 14.3. The van der Waals surface area contributed by atoms with Crippen LogP contribution in [0.5, 0.6) is 11.5 Å². The first-order valence-electron chi connectivity index (χ1n) is 5.97. The Hall–Kier alpha value is -1.75. The van der Waals surface area contributed by atoms with Crippen LogP contribution in [0.1, 0.15) is 20.8 Å². The topological polar surface area (TPSA) is 65.0 Å². The van der Waals surface area contributed by atoms with E-state index in [1.165, 1.54) is 0 Å². The number of para-hydroxylation sites is 2. The minimum atomic E-state index is -0.833. The van der Waals surface area contributed by atoms with E-state index in [1.807, 2.05) is 38.1 Å². The zero-order chi connectivity index (χ0) is 15.1. The van der Waals surface area contributed by atoms with Gasteiger partial charge in [-0.1, -0.05) is 12.1 Å². The molecule has 0 fully saturated rings. The third-order valence-electron chi connectivity index (χ3n) is 1.70. The molecule has 0 unspecified atom stereocenters. The fourth-order valence-electron chi connectivity index (χ4n) is 0.992. The van der Waals surface area contributed by atoms with E-state index in [0.29, 0.717) is 0 Å². The molecule has 5 nitrogen and oxygen atoms in total. The van der Waals surface area contributed by atoms with Crippen LogP contribution in [0, 0.1) is 0 Å². The highest BCUT2D eigenvalue weighted by atomic mass is 16.5. The fourth-order valence-corrected chi connectivity index (χ4v) is 0.992. The van der Waals surface area contributed by atoms with E-state index >= 15 is 0 Å². The number of hydrogen-bond acceptors (Lipinski definition) is 4. The maximum Gasteiger partial charge on any atom is 0.300 e. The lowest BCUT2D eigenvalue weighted by Gasteiger charge is -2.04. The van der Waals surface area contributed by atoms with Crippen LogP contribution in [0.15, 0.2) is 24.3 Å². The summed E-state index contributed by atoms with van der Waals surface area (Å²) in [5.41, 5.74) is 0. The van der Waals surface area contributed by atoms with Crippen molar-refractivity contribution in [3.8, 4) is 11.5 Å². The predicted molar refractivity (Wildman–Crippen MR) is 75.0 cm³/mol. The molecule has 0 atom stereocenters. The van der Waals surface area contributed by atoms with Crippen molar-refractivity contribution in [1.29, 1.82) is 0 Å². The second-order valence-corrected chi connectivity index (χ2v) is 3.16. The van der Waals surface area contributed by atoms with Gasteiger partial charge in [0.25, 0.3) is 5.97 Å². The number of aliphatic carboxylic acids is 1. The van der Waals surface area contributed by atoms with E-state index in [-0.39, 0.29) is 0 Å². The van der Waals surface area contributed by atoms with Gasteiger partial charge >= 0.3 is 0 Å². The quantitative estimate of drug-likeness (QED) is 0.913. The van der Waals surface area contributed by atoms with Crippen LogP contribution in [0.4, 0.5) is 0 Å². The molecule has 0 aliphatic heterocycles. The van der Waals surface area contributed by atoms with Gasteiger partial charge in [0.05, 0.1) is 14.2 Å². The number of methoxy groups -OCH3 is 2. The van der Waals surface area contributed by atoms with E-state index < -0.39 is 5.97 Å². The highest BCUT2D eigenvalue weighted by Gasteiger charge is 1.97. The van der Waals surface area contributed by atoms with Crippen molar-refractivity contribution in [1.82, 2.24) is 0 Å². The summed E-state index contributed by atoms with van der Waals surface area (Å²) in [4.78, 5) is 9.00. The molecule has 1 aromatic carbocycles. The molecule has 1 N–H and O–H groups in total. The highest BCUT2D eigenvalue weighted by Crippen LogP contribution is 2.24. The molecule has 5 heteroatoms. The molecule has 0 aromatic heterocycles. The Bertz CT molecular complexity index is 296.